The molecule has 0 radical (unpaired) electrons. The maximum Gasteiger partial charge on any atom is 0.243 e. The van der Waals surface area contributed by atoms with Gasteiger partial charge in [0.15, 0.2) is 0 Å². The van der Waals surface area contributed by atoms with Crippen LogP contribution < -0.4 is 0 Å². The molecule has 5 nitrogen and oxygen atoms in total. The van der Waals surface area contributed by atoms with Crippen LogP contribution in [0.25, 0.3) is 0 Å². The van der Waals surface area contributed by atoms with Crippen LogP contribution >= 0.6 is 0 Å². The number of benzene rings is 1. The molecule has 0 fully saturated rings. The number of sulfonamides is 1. The summed E-state index contributed by atoms with van der Waals surface area (Å²) >= 11 is 0. The second-order valence-corrected chi connectivity index (χ2v) is 6.47. The third-order valence-corrected chi connectivity index (χ3v) is 4.81. The predicted octanol–water partition coefficient (Wildman–Crippen LogP) is 2.11. The van der Waals surface area contributed by atoms with Gasteiger partial charge < -0.3 is 4.52 Å². The molecular weight excluding hydrogens is 264 g/mol. The van der Waals surface area contributed by atoms with Crippen molar-refractivity contribution in [2.45, 2.75) is 25.3 Å². The van der Waals surface area contributed by atoms with Crippen LogP contribution in [-0.2, 0) is 16.6 Å². The van der Waals surface area contributed by atoms with Gasteiger partial charge in [-0.25, -0.2) is 8.42 Å². The fourth-order valence-corrected chi connectivity index (χ4v) is 3.18. The van der Waals surface area contributed by atoms with Crippen molar-refractivity contribution in [1.82, 2.24) is 9.46 Å². The standard InChI is InChI=1S/C13H16N2O3S/c1-10-6-4-5-7-13(10)19(16,17)15(3)9-12-8-11(2)18-14-12/h4-8H,9H2,1-3H3. The average Bonchev–Trinajstić information content (AvgIpc) is 2.75. The van der Waals surface area contributed by atoms with Crippen molar-refractivity contribution in [3.05, 3.63) is 47.3 Å². The third kappa shape index (κ3) is 2.85. The van der Waals surface area contributed by atoms with Gasteiger partial charge in [-0.3, -0.25) is 0 Å². The van der Waals surface area contributed by atoms with E-state index in [4.69, 9.17) is 4.52 Å². The third-order valence-electron chi connectivity index (χ3n) is 2.84. The molecule has 0 atom stereocenters. The van der Waals surface area contributed by atoms with E-state index < -0.39 is 10.0 Å². The van der Waals surface area contributed by atoms with Crippen LogP contribution in [-0.4, -0.2) is 24.9 Å². The summed E-state index contributed by atoms with van der Waals surface area (Å²) in [5.74, 6) is 0.664. The molecule has 102 valence electrons. The van der Waals surface area contributed by atoms with Gasteiger partial charge in [-0.15, -0.1) is 0 Å². The van der Waals surface area contributed by atoms with Gasteiger partial charge in [-0.2, -0.15) is 4.31 Å². The van der Waals surface area contributed by atoms with Crippen molar-refractivity contribution in [2.24, 2.45) is 0 Å². The first kappa shape index (κ1) is 13.8. The summed E-state index contributed by atoms with van der Waals surface area (Å²) in [6.07, 6.45) is 0. The summed E-state index contributed by atoms with van der Waals surface area (Å²) in [7, 11) is -1.97. The van der Waals surface area contributed by atoms with Crippen molar-refractivity contribution in [1.29, 1.82) is 0 Å². The highest BCUT2D eigenvalue weighted by molar-refractivity contribution is 7.89. The fourth-order valence-electron chi connectivity index (χ4n) is 1.82. The molecule has 6 heteroatoms. The first-order valence-corrected chi connectivity index (χ1v) is 7.29. The zero-order valence-electron chi connectivity index (χ0n) is 11.1. The van der Waals surface area contributed by atoms with E-state index in [1.807, 2.05) is 6.07 Å². The SMILES string of the molecule is Cc1cc(CN(C)S(=O)(=O)c2ccccc2C)no1. The van der Waals surface area contributed by atoms with Crippen LogP contribution in [0.3, 0.4) is 0 Å². The Morgan fingerprint density at radius 3 is 2.53 bits per heavy atom. The molecule has 2 aromatic rings. The number of hydrogen-bond donors (Lipinski definition) is 0. The Morgan fingerprint density at radius 2 is 1.95 bits per heavy atom. The van der Waals surface area contributed by atoms with E-state index in [2.05, 4.69) is 5.16 Å². The van der Waals surface area contributed by atoms with E-state index in [1.54, 1.807) is 38.1 Å². The van der Waals surface area contributed by atoms with Crippen molar-refractivity contribution in [3.8, 4) is 0 Å². The zero-order valence-corrected chi connectivity index (χ0v) is 11.9. The van der Waals surface area contributed by atoms with Gasteiger partial charge in [0, 0.05) is 13.1 Å². The van der Waals surface area contributed by atoms with Gasteiger partial charge in [-0.05, 0) is 25.5 Å². The molecule has 19 heavy (non-hydrogen) atoms. The maximum atomic E-state index is 12.4. The van der Waals surface area contributed by atoms with E-state index in [1.165, 1.54) is 11.4 Å². The molecule has 0 amide bonds. The first-order valence-electron chi connectivity index (χ1n) is 5.85. The largest absolute Gasteiger partial charge is 0.361 e. The lowest BCUT2D eigenvalue weighted by atomic mass is 10.2. The highest BCUT2D eigenvalue weighted by Crippen LogP contribution is 2.19. The van der Waals surface area contributed by atoms with Crippen LogP contribution in [0.4, 0.5) is 0 Å². The normalized spacial score (nSPS) is 12.0. The van der Waals surface area contributed by atoms with Crippen molar-refractivity contribution in [3.63, 3.8) is 0 Å². The van der Waals surface area contributed by atoms with Crippen LogP contribution in [0.2, 0.25) is 0 Å². The molecule has 1 aromatic carbocycles. The molecule has 0 aliphatic rings. The summed E-state index contributed by atoms with van der Waals surface area (Å²) in [5.41, 5.74) is 1.32. The Hall–Kier alpha value is -1.66. The molecule has 0 saturated carbocycles. The monoisotopic (exact) mass is 280 g/mol. The van der Waals surface area contributed by atoms with Crippen LogP contribution in [0, 0.1) is 13.8 Å². The van der Waals surface area contributed by atoms with E-state index in [0.29, 0.717) is 16.3 Å². The lowest BCUT2D eigenvalue weighted by Gasteiger charge is -2.17. The highest BCUT2D eigenvalue weighted by atomic mass is 32.2. The summed E-state index contributed by atoms with van der Waals surface area (Å²) in [6, 6.07) is 8.64. The number of nitrogens with zero attached hydrogens (tertiary/aromatic N) is 2. The lowest BCUT2D eigenvalue weighted by molar-refractivity contribution is 0.378. The second kappa shape index (κ2) is 5.14. The molecule has 0 aliphatic carbocycles. The quantitative estimate of drug-likeness (QED) is 0.860. The topological polar surface area (TPSA) is 63.4 Å². The minimum absolute atomic E-state index is 0.188. The van der Waals surface area contributed by atoms with Gasteiger partial charge in [0.05, 0.1) is 17.1 Å². The number of aryl methyl sites for hydroxylation is 2. The molecule has 2 rings (SSSR count). The van der Waals surface area contributed by atoms with Crippen molar-refractivity contribution in [2.75, 3.05) is 7.05 Å². The minimum Gasteiger partial charge on any atom is -0.361 e. The minimum atomic E-state index is -3.51. The Labute approximate surface area is 112 Å². The average molecular weight is 280 g/mol. The Bertz CT molecular complexity index is 677. The van der Waals surface area contributed by atoms with Crippen LogP contribution in [0.15, 0.2) is 39.8 Å². The van der Waals surface area contributed by atoms with Crippen molar-refractivity contribution < 1.29 is 12.9 Å². The van der Waals surface area contributed by atoms with Gasteiger partial charge in [0.2, 0.25) is 10.0 Å². The summed E-state index contributed by atoms with van der Waals surface area (Å²) in [5, 5.41) is 3.80. The summed E-state index contributed by atoms with van der Waals surface area (Å²) in [4.78, 5) is 0.317. The van der Waals surface area contributed by atoms with Gasteiger partial charge in [-0.1, -0.05) is 23.4 Å². The van der Waals surface area contributed by atoms with Crippen LogP contribution in [0.5, 0.6) is 0 Å². The number of aromatic nitrogens is 1. The first-order chi connectivity index (χ1) is 8.91. The molecule has 1 aromatic heterocycles. The fraction of sp³-hybridized carbons (Fsp3) is 0.308. The van der Waals surface area contributed by atoms with E-state index in [-0.39, 0.29) is 6.54 Å². The summed E-state index contributed by atoms with van der Waals surface area (Å²) < 4.78 is 31.1. The molecule has 0 N–H and O–H groups in total. The molecular formula is C13H16N2O3S. The maximum absolute atomic E-state index is 12.4. The predicted molar refractivity (Wildman–Crippen MR) is 71.1 cm³/mol. The zero-order chi connectivity index (χ0) is 14.0. The van der Waals surface area contributed by atoms with Gasteiger partial charge in [0.1, 0.15) is 5.76 Å². The van der Waals surface area contributed by atoms with Gasteiger partial charge >= 0.3 is 0 Å². The van der Waals surface area contributed by atoms with Gasteiger partial charge in [0.25, 0.3) is 0 Å². The molecule has 0 unspecified atom stereocenters. The molecule has 0 saturated heterocycles. The highest BCUT2D eigenvalue weighted by Gasteiger charge is 2.23. The summed E-state index contributed by atoms with van der Waals surface area (Å²) in [6.45, 7) is 3.74. The van der Waals surface area contributed by atoms with Crippen LogP contribution in [0.1, 0.15) is 17.0 Å². The number of hydrogen-bond acceptors (Lipinski definition) is 4. The van der Waals surface area contributed by atoms with E-state index in [9.17, 15) is 8.42 Å². The Kier molecular flexibility index (Phi) is 3.73. The van der Waals surface area contributed by atoms with E-state index in [0.717, 1.165) is 5.56 Å². The number of rotatable bonds is 4. The molecule has 0 aliphatic heterocycles. The van der Waals surface area contributed by atoms with Crippen molar-refractivity contribution >= 4 is 10.0 Å². The molecule has 1 heterocycles. The van der Waals surface area contributed by atoms with E-state index >= 15 is 0 Å². The second-order valence-electron chi connectivity index (χ2n) is 4.46. The Morgan fingerprint density at radius 1 is 1.26 bits per heavy atom. The lowest BCUT2D eigenvalue weighted by Crippen LogP contribution is -2.27. The Balaban J connectivity index is 2.27. The molecule has 0 bridgehead atoms. The smallest absolute Gasteiger partial charge is 0.243 e. The molecule has 0 spiro atoms.